The van der Waals surface area contributed by atoms with Crippen LogP contribution in [-0.2, 0) is 4.79 Å². The van der Waals surface area contributed by atoms with Crippen molar-refractivity contribution in [1.29, 1.82) is 0 Å². The maximum absolute atomic E-state index is 12.2. The Kier molecular flexibility index (Phi) is 5.48. The van der Waals surface area contributed by atoms with E-state index in [9.17, 15) is 9.59 Å². The summed E-state index contributed by atoms with van der Waals surface area (Å²) in [5.74, 6) is 0.208. The molecule has 29 heavy (non-hydrogen) atoms. The Bertz CT molecular complexity index is 1050. The maximum atomic E-state index is 12.2. The highest BCUT2D eigenvalue weighted by molar-refractivity contribution is 5.92. The van der Waals surface area contributed by atoms with Gasteiger partial charge in [0.15, 0.2) is 6.61 Å². The number of amides is 1. The third kappa shape index (κ3) is 4.75. The lowest BCUT2D eigenvalue weighted by Gasteiger charge is -2.34. The topological polar surface area (TPSA) is 75.0 Å². The van der Waals surface area contributed by atoms with Crippen LogP contribution in [0.3, 0.4) is 0 Å². The van der Waals surface area contributed by atoms with Crippen LogP contribution in [0, 0.1) is 0 Å². The number of fused-ring (bicyclic) bond motifs is 1. The van der Waals surface area contributed by atoms with Crippen molar-refractivity contribution in [3.63, 3.8) is 0 Å². The summed E-state index contributed by atoms with van der Waals surface area (Å²) in [5.41, 5.74) is 1.88. The zero-order chi connectivity index (χ0) is 20.2. The monoisotopic (exact) mass is 393 g/mol. The number of anilines is 2. The Morgan fingerprint density at radius 3 is 2.52 bits per heavy atom. The molecule has 1 N–H and O–H groups in total. The van der Waals surface area contributed by atoms with E-state index in [1.807, 2.05) is 24.3 Å². The normalized spacial score (nSPS) is 14.7. The number of carbonyl (C=O) groups is 1. The fourth-order valence-corrected chi connectivity index (χ4v) is 3.30. The fraction of sp³-hybridized carbons (Fsp3) is 0.273. The van der Waals surface area contributed by atoms with Gasteiger partial charge in [0.2, 0.25) is 0 Å². The van der Waals surface area contributed by atoms with Crippen LogP contribution >= 0.6 is 0 Å². The molecule has 0 atom stereocenters. The predicted octanol–water partition coefficient (Wildman–Crippen LogP) is 2.56. The Morgan fingerprint density at radius 2 is 1.76 bits per heavy atom. The Balaban J connectivity index is 1.32. The smallest absolute Gasteiger partial charge is 0.336 e. The Morgan fingerprint density at radius 1 is 1.03 bits per heavy atom. The highest BCUT2D eigenvalue weighted by atomic mass is 16.5. The first-order valence-electron chi connectivity index (χ1n) is 9.57. The second-order valence-electron chi connectivity index (χ2n) is 7.13. The fourth-order valence-electron chi connectivity index (χ4n) is 3.30. The third-order valence-corrected chi connectivity index (χ3v) is 4.98. The van der Waals surface area contributed by atoms with Crippen LogP contribution in [0.5, 0.6) is 5.75 Å². The van der Waals surface area contributed by atoms with E-state index in [0.717, 1.165) is 42.9 Å². The molecule has 1 aliphatic heterocycles. The zero-order valence-corrected chi connectivity index (χ0v) is 16.3. The largest absolute Gasteiger partial charge is 0.484 e. The first-order chi connectivity index (χ1) is 14.1. The summed E-state index contributed by atoms with van der Waals surface area (Å²) in [4.78, 5) is 28.2. The molecule has 1 fully saturated rings. The molecule has 150 valence electrons. The third-order valence-electron chi connectivity index (χ3n) is 4.98. The molecule has 4 rings (SSSR count). The number of piperazine rings is 1. The Hall–Kier alpha value is -3.32. The van der Waals surface area contributed by atoms with Crippen molar-refractivity contribution >= 4 is 28.3 Å². The van der Waals surface area contributed by atoms with Gasteiger partial charge in [-0.3, -0.25) is 4.79 Å². The van der Waals surface area contributed by atoms with Crippen molar-refractivity contribution in [2.75, 3.05) is 50.1 Å². The molecule has 0 unspecified atom stereocenters. The highest BCUT2D eigenvalue weighted by Crippen LogP contribution is 2.21. The minimum absolute atomic E-state index is 0.136. The number of ether oxygens (including phenoxy) is 1. The highest BCUT2D eigenvalue weighted by Gasteiger charge is 2.14. The summed E-state index contributed by atoms with van der Waals surface area (Å²) >= 11 is 0. The summed E-state index contributed by atoms with van der Waals surface area (Å²) < 4.78 is 10.7. The molecule has 0 aliphatic carbocycles. The van der Waals surface area contributed by atoms with Gasteiger partial charge in [-0.25, -0.2) is 4.79 Å². The van der Waals surface area contributed by atoms with Gasteiger partial charge in [0.05, 0.1) is 0 Å². The number of benzene rings is 2. The second kappa shape index (κ2) is 8.36. The molecule has 0 radical (unpaired) electrons. The molecule has 1 aromatic heterocycles. The van der Waals surface area contributed by atoms with Gasteiger partial charge in [0, 0.05) is 55.1 Å². The van der Waals surface area contributed by atoms with Crippen LogP contribution < -0.4 is 20.6 Å². The van der Waals surface area contributed by atoms with Crippen LogP contribution in [0.4, 0.5) is 11.4 Å². The number of nitrogens with one attached hydrogen (secondary N) is 1. The molecule has 7 nitrogen and oxygen atoms in total. The molecule has 1 amide bonds. The van der Waals surface area contributed by atoms with Gasteiger partial charge in [0.1, 0.15) is 11.3 Å². The molecule has 0 spiro atoms. The van der Waals surface area contributed by atoms with E-state index in [1.165, 1.54) is 6.07 Å². The molecule has 0 bridgehead atoms. The average molecular weight is 393 g/mol. The van der Waals surface area contributed by atoms with Gasteiger partial charge in [-0.05, 0) is 49.5 Å². The number of rotatable bonds is 5. The zero-order valence-electron chi connectivity index (χ0n) is 16.3. The van der Waals surface area contributed by atoms with E-state index in [-0.39, 0.29) is 12.5 Å². The van der Waals surface area contributed by atoms with Gasteiger partial charge >= 0.3 is 5.63 Å². The van der Waals surface area contributed by atoms with Gasteiger partial charge < -0.3 is 24.3 Å². The lowest BCUT2D eigenvalue weighted by atomic mass is 10.2. The summed E-state index contributed by atoms with van der Waals surface area (Å²) in [5, 5.41) is 3.62. The molecule has 1 aliphatic rings. The number of likely N-dealkylation sites (N-methyl/N-ethyl adjacent to an activating group) is 1. The van der Waals surface area contributed by atoms with Crippen molar-refractivity contribution in [3.05, 3.63) is 65.0 Å². The van der Waals surface area contributed by atoms with Crippen molar-refractivity contribution in [1.82, 2.24) is 4.90 Å². The average Bonchev–Trinajstić information content (AvgIpc) is 2.73. The van der Waals surface area contributed by atoms with Gasteiger partial charge in [-0.2, -0.15) is 0 Å². The lowest BCUT2D eigenvalue weighted by Crippen LogP contribution is -2.44. The summed E-state index contributed by atoms with van der Waals surface area (Å²) in [6.07, 6.45) is 0. The van der Waals surface area contributed by atoms with E-state index < -0.39 is 5.63 Å². The van der Waals surface area contributed by atoms with E-state index in [2.05, 4.69) is 22.2 Å². The molecular weight excluding hydrogens is 370 g/mol. The minimum atomic E-state index is -0.424. The molecule has 3 aromatic rings. The van der Waals surface area contributed by atoms with Gasteiger partial charge in [0.25, 0.3) is 5.91 Å². The second-order valence-corrected chi connectivity index (χ2v) is 7.13. The molecule has 2 aromatic carbocycles. The number of carbonyl (C=O) groups excluding carboxylic acids is 1. The first kappa shape index (κ1) is 19.0. The SMILES string of the molecule is CN1CCN(c2ccc(NC(=O)COc3ccc4ccc(=O)oc4c3)cc2)CC1. The van der Waals surface area contributed by atoms with Crippen LogP contribution in [0.1, 0.15) is 0 Å². The summed E-state index contributed by atoms with van der Waals surface area (Å²) in [7, 11) is 2.13. The van der Waals surface area contributed by atoms with Crippen molar-refractivity contribution < 1.29 is 13.9 Å². The molecule has 0 saturated carbocycles. The Labute approximate surface area is 168 Å². The van der Waals surface area contributed by atoms with E-state index >= 15 is 0 Å². The van der Waals surface area contributed by atoms with Crippen LogP contribution in [0.2, 0.25) is 0 Å². The quantitative estimate of drug-likeness (QED) is 0.672. The van der Waals surface area contributed by atoms with E-state index in [1.54, 1.807) is 24.3 Å². The number of nitrogens with zero attached hydrogens (tertiary/aromatic N) is 2. The molecular formula is C22H23N3O4. The van der Waals surface area contributed by atoms with Crippen LogP contribution in [0.25, 0.3) is 11.0 Å². The minimum Gasteiger partial charge on any atom is -0.484 e. The molecule has 1 saturated heterocycles. The van der Waals surface area contributed by atoms with Crippen LogP contribution in [-0.4, -0.2) is 50.6 Å². The van der Waals surface area contributed by atoms with E-state index in [4.69, 9.17) is 9.15 Å². The maximum Gasteiger partial charge on any atom is 0.336 e. The van der Waals surface area contributed by atoms with Crippen LogP contribution in [0.15, 0.2) is 63.8 Å². The van der Waals surface area contributed by atoms with Crippen molar-refractivity contribution in [3.8, 4) is 5.75 Å². The van der Waals surface area contributed by atoms with Crippen molar-refractivity contribution in [2.24, 2.45) is 0 Å². The summed E-state index contributed by atoms with van der Waals surface area (Å²) in [6, 6.07) is 16.0. The van der Waals surface area contributed by atoms with Crippen molar-refractivity contribution in [2.45, 2.75) is 0 Å². The lowest BCUT2D eigenvalue weighted by molar-refractivity contribution is -0.118. The number of hydrogen-bond acceptors (Lipinski definition) is 6. The standard InChI is InChI=1S/C22H23N3O4/c1-24-10-12-25(13-11-24)18-6-4-17(5-7-18)23-21(26)15-28-19-8-2-16-3-9-22(27)29-20(16)14-19/h2-9,14H,10-13,15H2,1H3,(H,23,26). The van der Waals surface area contributed by atoms with E-state index in [0.29, 0.717) is 11.3 Å². The molecule has 2 heterocycles. The van der Waals surface area contributed by atoms with Gasteiger partial charge in [-0.15, -0.1) is 0 Å². The first-order valence-corrected chi connectivity index (χ1v) is 9.57. The summed E-state index contributed by atoms with van der Waals surface area (Å²) in [6.45, 7) is 3.97. The molecule has 7 heteroatoms. The van der Waals surface area contributed by atoms with Gasteiger partial charge in [-0.1, -0.05) is 0 Å². The number of hydrogen-bond donors (Lipinski definition) is 1. The predicted molar refractivity (Wildman–Crippen MR) is 113 cm³/mol.